The van der Waals surface area contributed by atoms with Crippen molar-refractivity contribution in [2.24, 2.45) is 0 Å². The third-order valence-electron chi connectivity index (χ3n) is 8.79. The summed E-state index contributed by atoms with van der Waals surface area (Å²) in [7, 11) is -2.04. The summed E-state index contributed by atoms with van der Waals surface area (Å²) >= 11 is 0. The zero-order chi connectivity index (χ0) is 34.1. The van der Waals surface area contributed by atoms with E-state index in [1.807, 2.05) is 24.3 Å². The van der Waals surface area contributed by atoms with Gasteiger partial charge in [0.25, 0.3) is 0 Å². The molecule has 6 heteroatoms. The molecule has 7 aromatic rings. The average molecular weight is 691 g/mol. The van der Waals surface area contributed by atoms with Crippen LogP contribution < -0.4 is 21.2 Å². The minimum atomic E-state index is -1.02. The lowest BCUT2D eigenvalue weighted by Gasteiger charge is -2.31. The summed E-state index contributed by atoms with van der Waals surface area (Å²) in [4.78, 5) is 27.8. The maximum Gasteiger partial charge on any atom is 0.198 e. The van der Waals surface area contributed by atoms with Crippen molar-refractivity contribution in [1.82, 2.24) is 0 Å². The second-order valence-corrected chi connectivity index (χ2v) is 16.8. The summed E-state index contributed by atoms with van der Waals surface area (Å²) in [5, 5.41) is 4.77. The molecule has 2 heterocycles. The van der Waals surface area contributed by atoms with Crippen LogP contribution in [0.1, 0.15) is 56.4 Å². The Labute approximate surface area is 295 Å². The van der Waals surface area contributed by atoms with Crippen molar-refractivity contribution in [1.29, 1.82) is 0 Å². The molecular weight excluding hydrogens is 654 g/mol. The van der Waals surface area contributed by atoms with Gasteiger partial charge < -0.3 is 8.83 Å². The SMILES string of the molecule is O=C(C[C@@H](c1cccc([C@H](CC(=O)c2ccco2)P(c2ccccc2)c2ccccc2)c1)P(c1ccccc1)c1ccccc1)c1ccco1. The van der Waals surface area contributed by atoms with E-state index in [9.17, 15) is 9.59 Å². The van der Waals surface area contributed by atoms with Gasteiger partial charge in [0.2, 0.25) is 0 Å². The van der Waals surface area contributed by atoms with Gasteiger partial charge in [0.1, 0.15) is 0 Å². The van der Waals surface area contributed by atoms with Crippen molar-refractivity contribution < 1.29 is 18.4 Å². The Morgan fingerprint density at radius 1 is 0.420 bits per heavy atom. The van der Waals surface area contributed by atoms with Crippen molar-refractivity contribution in [2.75, 3.05) is 0 Å². The van der Waals surface area contributed by atoms with Crippen molar-refractivity contribution >= 4 is 48.6 Å². The molecule has 0 spiro atoms. The maximum atomic E-state index is 13.9. The third-order valence-corrected chi connectivity index (χ3v) is 14.4. The van der Waals surface area contributed by atoms with E-state index in [0.29, 0.717) is 11.5 Å². The lowest BCUT2D eigenvalue weighted by atomic mass is 9.99. The molecule has 0 radical (unpaired) electrons. The number of ketones is 2. The number of carbonyl (C=O) groups excluding carboxylic acids is 2. The first-order valence-corrected chi connectivity index (χ1v) is 19.5. The Morgan fingerprint density at radius 2 is 0.760 bits per heavy atom. The van der Waals surface area contributed by atoms with Gasteiger partial charge in [0.05, 0.1) is 12.5 Å². The fraction of sp³-hybridized carbons (Fsp3) is 0.0909. The van der Waals surface area contributed by atoms with Gasteiger partial charge in [0.15, 0.2) is 23.1 Å². The van der Waals surface area contributed by atoms with Crippen LogP contribution in [0.3, 0.4) is 0 Å². The molecule has 0 aliphatic rings. The van der Waals surface area contributed by atoms with E-state index in [1.165, 1.54) is 21.2 Å². The highest BCUT2D eigenvalue weighted by atomic mass is 31.1. The van der Waals surface area contributed by atoms with Crippen LogP contribution in [0, 0.1) is 0 Å². The minimum Gasteiger partial charge on any atom is -0.461 e. The van der Waals surface area contributed by atoms with Gasteiger partial charge in [-0.3, -0.25) is 9.59 Å². The van der Waals surface area contributed by atoms with Crippen molar-refractivity contribution in [2.45, 2.75) is 24.2 Å². The average Bonchev–Trinajstić information content (AvgIpc) is 3.93. The molecule has 0 aliphatic heterocycles. The van der Waals surface area contributed by atoms with E-state index < -0.39 is 15.8 Å². The predicted octanol–water partition coefficient (Wildman–Crippen LogP) is 9.77. The molecule has 0 N–H and O–H groups in total. The monoisotopic (exact) mass is 690 g/mol. The van der Waals surface area contributed by atoms with Crippen LogP contribution in [0.2, 0.25) is 0 Å². The summed E-state index contributed by atoms with van der Waals surface area (Å²) in [6.07, 6.45) is 3.65. The number of carbonyl (C=O) groups is 2. The molecular formula is C44H36O4P2. The molecule has 0 bridgehead atoms. The molecule has 7 rings (SSSR count). The zero-order valence-electron chi connectivity index (χ0n) is 27.4. The van der Waals surface area contributed by atoms with Gasteiger partial charge in [0, 0.05) is 24.2 Å². The quantitative estimate of drug-likeness (QED) is 0.0843. The molecule has 2 atom stereocenters. The Balaban J connectivity index is 1.39. The molecule has 0 fully saturated rings. The number of Topliss-reactive ketones (excluding diaryl/α,β-unsaturated/α-hetero) is 2. The summed E-state index contributed by atoms with van der Waals surface area (Å²) in [5.41, 5.74) is 1.81. The summed E-state index contributed by atoms with van der Waals surface area (Å²) in [6, 6.07) is 57.6. The molecule has 246 valence electrons. The number of furan rings is 2. The maximum absolute atomic E-state index is 13.9. The van der Waals surface area contributed by atoms with Crippen molar-refractivity contribution in [3.8, 4) is 0 Å². The van der Waals surface area contributed by atoms with Crippen LogP contribution in [0.25, 0.3) is 0 Å². The smallest absolute Gasteiger partial charge is 0.198 e. The normalized spacial score (nSPS) is 12.5. The van der Waals surface area contributed by atoms with Crippen LogP contribution >= 0.6 is 15.8 Å². The molecule has 2 aromatic heterocycles. The molecule has 0 aliphatic carbocycles. The highest BCUT2D eigenvalue weighted by molar-refractivity contribution is 7.73. The van der Waals surface area contributed by atoms with Gasteiger partial charge in [-0.25, -0.2) is 0 Å². The summed E-state index contributed by atoms with van der Waals surface area (Å²) < 4.78 is 11.2. The highest BCUT2D eigenvalue weighted by Gasteiger charge is 2.33. The van der Waals surface area contributed by atoms with Crippen LogP contribution in [0.15, 0.2) is 191 Å². The van der Waals surface area contributed by atoms with Gasteiger partial charge in [-0.15, -0.1) is 0 Å². The standard InChI is InChI=1S/C44H36O4P2/c45-39(41-26-14-28-47-41)31-43(49(35-18-5-1-6-19-35)36-20-7-2-8-21-36)33-16-13-17-34(30-33)44(32-40(46)42-27-15-29-48-42)50(37-22-9-3-10-23-37)38-24-11-4-12-25-38/h1-30,43-44H,31-32H2/t43-,44-/m0/s1. The number of benzene rings is 5. The molecule has 0 unspecified atom stereocenters. The van der Waals surface area contributed by atoms with Crippen LogP contribution in [-0.2, 0) is 0 Å². The lowest BCUT2D eigenvalue weighted by Crippen LogP contribution is -2.21. The topological polar surface area (TPSA) is 60.4 Å². The van der Waals surface area contributed by atoms with Gasteiger partial charge in [-0.05, 0) is 72.5 Å². The third kappa shape index (κ3) is 7.68. The fourth-order valence-electron chi connectivity index (χ4n) is 6.49. The van der Waals surface area contributed by atoms with E-state index in [0.717, 1.165) is 11.1 Å². The molecule has 0 amide bonds. The van der Waals surface area contributed by atoms with Gasteiger partial charge in [-0.1, -0.05) is 146 Å². The van der Waals surface area contributed by atoms with Crippen molar-refractivity contribution in [3.63, 3.8) is 0 Å². The summed E-state index contributed by atoms with van der Waals surface area (Å²) in [5.74, 6) is 0.650. The first kappa shape index (κ1) is 33.4. The van der Waals surface area contributed by atoms with E-state index >= 15 is 0 Å². The Morgan fingerprint density at radius 3 is 1.06 bits per heavy atom. The molecule has 0 saturated carbocycles. The van der Waals surface area contributed by atoms with Gasteiger partial charge >= 0.3 is 0 Å². The van der Waals surface area contributed by atoms with Crippen molar-refractivity contribution in [3.05, 3.63) is 205 Å². The lowest BCUT2D eigenvalue weighted by molar-refractivity contribution is 0.0948. The Bertz CT molecular complexity index is 1870. The number of hydrogen-bond donors (Lipinski definition) is 0. The van der Waals surface area contributed by atoms with E-state index in [1.54, 1.807) is 36.8 Å². The predicted molar refractivity (Wildman–Crippen MR) is 205 cm³/mol. The van der Waals surface area contributed by atoms with Crippen LogP contribution in [-0.4, -0.2) is 11.6 Å². The number of rotatable bonds is 14. The van der Waals surface area contributed by atoms with Crippen LogP contribution in [0.4, 0.5) is 0 Å². The summed E-state index contributed by atoms with van der Waals surface area (Å²) in [6.45, 7) is 0. The fourth-order valence-corrected chi connectivity index (χ4v) is 12.1. The van der Waals surface area contributed by atoms with Gasteiger partial charge in [-0.2, -0.15) is 0 Å². The zero-order valence-corrected chi connectivity index (χ0v) is 29.2. The molecule has 5 aromatic carbocycles. The first-order valence-electron chi connectivity index (χ1n) is 16.7. The van der Waals surface area contributed by atoms with E-state index in [2.05, 4.69) is 121 Å². The van der Waals surface area contributed by atoms with Crippen LogP contribution in [0.5, 0.6) is 0 Å². The molecule has 0 saturated heterocycles. The Kier molecular flexibility index (Phi) is 10.7. The molecule has 4 nitrogen and oxygen atoms in total. The number of hydrogen-bond acceptors (Lipinski definition) is 4. The Hall–Kier alpha value is -5.14. The minimum absolute atomic E-state index is 0.0369. The first-order chi connectivity index (χ1) is 24.7. The second kappa shape index (κ2) is 16.0. The molecule has 50 heavy (non-hydrogen) atoms. The van der Waals surface area contributed by atoms with E-state index in [-0.39, 0.29) is 35.7 Å². The highest BCUT2D eigenvalue weighted by Crippen LogP contribution is 2.55. The largest absolute Gasteiger partial charge is 0.461 e. The van der Waals surface area contributed by atoms with E-state index in [4.69, 9.17) is 8.83 Å². The second-order valence-electron chi connectivity index (χ2n) is 12.0.